The van der Waals surface area contributed by atoms with Crippen molar-refractivity contribution in [3.8, 4) is 0 Å². The number of rotatable bonds is 2. The Morgan fingerprint density at radius 3 is 1.33 bits per heavy atom. The third kappa shape index (κ3) is 48.4. The molecule has 0 aromatic rings. The predicted octanol–water partition coefficient (Wildman–Crippen LogP) is -0.809. The van der Waals surface area contributed by atoms with Crippen LogP contribution in [0.2, 0.25) is 9.88 Å². The Morgan fingerprint density at radius 1 is 1.11 bits per heavy atom. The molecule has 3 heteroatoms. The zero-order valence-corrected chi connectivity index (χ0v) is 10.3. The van der Waals surface area contributed by atoms with Crippen LogP contribution in [0.5, 0.6) is 0 Å². The molecule has 0 fully saturated rings. The zero-order chi connectivity index (χ0) is 6.83. The van der Waals surface area contributed by atoms with E-state index >= 15 is 0 Å². The summed E-state index contributed by atoms with van der Waals surface area (Å²) >= 11 is 0.230. The number of nitrogens with zero attached hydrogens (tertiary/aromatic N) is 1. The van der Waals surface area contributed by atoms with Crippen molar-refractivity contribution in [1.82, 2.24) is 0 Å². The third-order valence-corrected chi connectivity index (χ3v) is 0.447. The first-order valence-electron chi connectivity index (χ1n) is 3.05. The fourth-order valence-corrected chi connectivity index (χ4v) is 0.224. The molecule has 0 spiro atoms. The van der Waals surface area contributed by atoms with E-state index in [0.29, 0.717) is 0 Å². The first kappa shape index (κ1) is 16.6. The van der Waals surface area contributed by atoms with Crippen LogP contribution in [0.3, 0.4) is 0 Å². The summed E-state index contributed by atoms with van der Waals surface area (Å²) in [5, 5.41) is 3.97. The predicted molar refractivity (Wildman–Crippen MR) is 41.9 cm³/mol. The maximum Gasteiger partial charge on any atom is -1.00 e. The Balaban J connectivity index is -0.0000000800. The van der Waals surface area contributed by atoms with Gasteiger partial charge in [0.15, 0.2) is 0 Å². The molecule has 0 rings (SSSR count). The van der Waals surface area contributed by atoms with E-state index in [-0.39, 0.29) is 33.5 Å². The molecule has 0 aliphatic carbocycles. The maximum absolute atomic E-state index is 3.97. The molecule has 9 heavy (non-hydrogen) atoms. The van der Waals surface area contributed by atoms with Gasteiger partial charge in [0.05, 0.1) is 0 Å². The summed E-state index contributed by atoms with van der Waals surface area (Å²) in [6.07, 6.45) is 0. The molecule has 0 amide bonds. The minimum Gasteiger partial charge on any atom is -1.00 e. The van der Waals surface area contributed by atoms with Crippen molar-refractivity contribution in [2.45, 2.75) is 23.7 Å². The van der Waals surface area contributed by atoms with Crippen molar-refractivity contribution in [2.24, 2.45) is 0 Å². The molecule has 0 atom stereocenters. The monoisotopic (exact) mass is 257 g/mol. The van der Waals surface area contributed by atoms with Gasteiger partial charge in [0.1, 0.15) is 0 Å². The van der Waals surface area contributed by atoms with Crippen molar-refractivity contribution in [1.29, 1.82) is 0 Å². The molecule has 56 valence electrons. The van der Waals surface area contributed by atoms with Gasteiger partial charge in [-0.2, -0.15) is 13.1 Å². The first-order chi connectivity index (χ1) is 3.83. The van der Waals surface area contributed by atoms with Gasteiger partial charge in [0, 0.05) is 0 Å². The third-order valence-electron chi connectivity index (χ3n) is 0.447. The summed E-state index contributed by atoms with van der Waals surface area (Å²) in [5.74, 6) is 0. The van der Waals surface area contributed by atoms with Gasteiger partial charge in [-0.05, 0) is 0 Å². The van der Waals surface area contributed by atoms with Gasteiger partial charge in [0.2, 0.25) is 0 Å². The van der Waals surface area contributed by atoms with Crippen LogP contribution in [-0.2, 0) is 0 Å². The van der Waals surface area contributed by atoms with Gasteiger partial charge >= 0.3 is 31.0 Å². The van der Waals surface area contributed by atoms with E-state index in [1.54, 1.807) is 0 Å². The maximum atomic E-state index is 3.97. The summed E-state index contributed by atoms with van der Waals surface area (Å²) in [6, 6.07) is 0. The minimum absolute atomic E-state index is 0. The summed E-state index contributed by atoms with van der Waals surface area (Å²) < 4.78 is 0. The van der Waals surface area contributed by atoms with Gasteiger partial charge in [-0.3, -0.25) is 0 Å². The van der Waals surface area contributed by atoms with E-state index in [1.807, 2.05) is 13.8 Å². The van der Waals surface area contributed by atoms with E-state index < -0.39 is 0 Å². The second kappa shape index (κ2) is 23.0. The smallest absolute Gasteiger partial charge is 1.00 e. The van der Waals surface area contributed by atoms with Gasteiger partial charge in [-0.25, -0.2) is 0 Å². The molecule has 0 aliphatic rings. The topological polar surface area (TPSA) is 14.1 Å². The fraction of sp³-hybridized carbons (Fsp3) is 1.00. The average molecular weight is 256 g/mol. The van der Waals surface area contributed by atoms with Crippen molar-refractivity contribution in [2.75, 3.05) is 13.1 Å². The van der Waals surface area contributed by atoms with E-state index in [4.69, 9.17) is 0 Å². The van der Waals surface area contributed by atoms with Crippen molar-refractivity contribution >= 4 is 21.1 Å². The standard InChI is InChI=1S/C4H10N.2CH3.ClH.Sn/c1-3-5-4-2;;;;/h3-4H2,1-2H3;2*1H3;1H;/q-1;;;;+2/p-1. The Kier molecular flexibility index (Phi) is 42.3. The van der Waals surface area contributed by atoms with Crippen LogP contribution in [0.1, 0.15) is 13.8 Å². The average Bonchev–Trinajstić information content (AvgIpc) is 1.71. The summed E-state index contributed by atoms with van der Waals surface area (Å²) in [4.78, 5) is 4.59. The number of hydrogen-bond acceptors (Lipinski definition) is 0. The minimum atomic E-state index is 0. The zero-order valence-electron chi connectivity index (χ0n) is 6.74. The summed E-state index contributed by atoms with van der Waals surface area (Å²) in [6.45, 7) is 6.03. The molecule has 0 aliphatic heterocycles. The van der Waals surface area contributed by atoms with Crippen molar-refractivity contribution < 1.29 is 12.4 Å². The first-order valence-corrected chi connectivity index (χ1v) is 8.75. The molecule has 0 unspecified atom stereocenters. The van der Waals surface area contributed by atoms with E-state index in [9.17, 15) is 0 Å². The van der Waals surface area contributed by atoms with Crippen LogP contribution in [0.25, 0.3) is 5.32 Å². The molecular weight excluding hydrogens is 240 g/mol. The van der Waals surface area contributed by atoms with Crippen molar-refractivity contribution in [3.63, 3.8) is 0 Å². The summed E-state index contributed by atoms with van der Waals surface area (Å²) in [7, 11) is 0. The van der Waals surface area contributed by atoms with Crippen molar-refractivity contribution in [3.05, 3.63) is 5.32 Å². The Labute approximate surface area is 75.6 Å². The van der Waals surface area contributed by atoms with Crippen LogP contribution in [-0.4, -0.2) is 34.2 Å². The fourth-order valence-electron chi connectivity index (χ4n) is 0.224. The molecule has 0 aromatic carbocycles. The Bertz CT molecular complexity index is 27.0. The molecule has 0 heterocycles. The quantitative estimate of drug-likeness (QED) is 0.574. The van der Waals surface area contributed by atoms with Gasteiger partial charge in [-0.1, -0.05) is 13.8 Å². The molecule has 0 bridgehead atoms. The number of hydrogen-bond donors (Lipinski definition) is 0. The molecule has 0 saturated carbocycles. The second-order valence-corrected chi connectivity index (χ2v) is 4.21. The van der Waals surface area contributed by atoms with Crippen LogP contribution in [0, 0.1) is 0 Å². The normalized spacial score (nSPS) is 5.78. The number of halogens is 1. The van der Waals surface area contributed by atoms with Gasteiger partial charge < -0.3 is 17.7 Å². The molecule has 0 saturated heterocycles. The summed E-state index contributed by atoms with van der Waals surface area (Å²) in [5.41, 5.74) is 0. The van der Waals surface area contributed by atoms with Gasteiger partial charge in [-0.15, -0.1) is 0 Å². The Hall–Kier alpha value is 1.05. The largest absolute Gasteiger partial charge is 1.00 e. The second-order valence-electron chi connectivity index (χ2n) is 1.36. The Morgan fingerprint density at radius 2 is 1.33 bits per heavy atom. The van der Waals surface area contributed by atoms with E-state index in [2.05, 4.69) is 15.2 Å². The molecule has 1 nitrogen and oxygen atoms in total. The molecule has 0 N–H and O–H groups in total. The molecular formula is C6H16ClNSn. The van der Waals surface area contributed by atoms with E-state index in [0.717, 1.165) is 13.1 Å². The molecule has 0 radical (unpaired) electrons. The van der Waals surface area contributed by atoms with Crippen LogP contribution in [0.15, 0.2) is 0 Å². The van der Waals surface area contributed by atoms with Crippen LogP contribution < -0.4 is 12.4 Å². The van der Waals surface area contributed by atoms with Crippen LogP contribution >= 0.6 is 0 Å². The SMILES string of the molecule is CC[N-]CC.[CH3][Sn+2][CH3].[Cl-]. The van der Waals surface area contributed by atoms with Crippen LogP contribution in [0.4, 0.5) is 0 Å². The van der Waals surface area contributed by atoms with Gasteiger partial charge in [0.25, 0.3) is 0 Å². The van der Waals surface area contributed by atoms with E-state index in [1.165, 1.54) is 0 Å². The molecule has 0 aromatic heterocycles.